The molecule has 0 radical (unpaired) electrons. The standard InChI is InChI=1S/C14H19NO5/c1-9-12(14(17)18)6-11(20-9)8-15-13(16)7-10-4-2-3-5-19-10/h6,10H,2-5,7-8H2,1H3,(H,15,16)(H,17,18). The van der Waals surface area contributed by atoms with E-state index in [0.717, 1.165) is 25.9 Å². The molecule has 1 aliphatic heterocycles. The molecule has 1 unspecified atom stereocenters. The molecule has 1 atom stereocenters. The predicted molar refractivity (Wildman–Crippen MR) is 70.5 cm³/mol. The van der Waals surface area contributed by atoms with E-state index in [4.69, 9.17) is 14.3 Å². The Bertz CT molecular complexity index is 488. The van der Waals surface area contributed by atoms with Gasteiger partial charge in [-0.3, -0.25) is 4.79 Å². The van der Waals surface area contributed by atoms with Gasteiger partial charge in [-0.2, -0.15) is 0 Å². The lowest BCUT2D eigenvalue weighted by Gasteiger charge is -2.21. The lowest BCUT2D eigenvalue weighted by molar-refractivity contribution is -0.125. The van der Waals surface area contributed by atoms with Gasteiger partial charge in [0.15, 0.2) is 0 Å². The van der Waals surface area contributed by atoms with Gasteiger partial charge in [-0.25, -0.2) is 4.79 Å². The monoisotopic (exact) mass is 281 g/mol. The second kappa shape index (κ2) is 6.56. The normalized spacial score (nSPS) is 18.8. The maximum Gasteiger partial charge on any atom is 0.339 e. The highest BCUT2D eigenvalue weighted by Crippen LogP contribution is 2.16. The molecule has 2 rings (SSSR count). The van der Waals surface area contributed by atoms with E-state index in [1.165, 1.54) is 6.07 Å². The number of furan rings is 1. The Morgan fingerprint density at radius 2 is 2.25 bits per heavy atom. The lowest BCUT2D eigenvalue weighted by atomic mass is 10.1. The minimum atomic E-state index is -1.03. The van der Waals surface area contributed by atoms with Crippen molar-refractivity contribution in [2.45, 2.75) is 45.3 Å². The molecule has 1 aromatic heterocycles. The van der Waals surface area contributed by atoms with E-state index in [-0.39, 0.29) is 24.1 Å². The molecule has 0 spiro atoms. The van der Waals surface area contributed by atoms with Crippen LogP contribution in [0.1, 0.15) is 47.6 Å². The molecular weight excluding hydrogens is 262 g/mol. The van der Waals surface area contributed by atoms with Crippen molar-refractivity contribution in [1.82, 2.24) is 5.32 Å². The van der Waals surface area contributed by atoms with Crippen molar-refractivity contribution in [3.8, 4) is 0 Å². The zero-order chi connectivity index (χ0) is 14.5. The molecule has 1 amide bonds. The van der Waals surface area contributed by atoms with Gasteiger partial charge in [-0.1, -0.05) is 0 Å². The number of aromatic carboxylic acids is 1. The summed E-state index contributed by atoms with van der Waals surface area (Å²) in [6.45, 7) is 2.50. The molecule has 0 aromatic carbocycles. The quantitative estimate of drug-likeness (QED) is 0.860. The average molecular weight is 281 g/mol. The molecule has 0 saturated carbocycles. The van der Waals surface area contributed by atoms with Crippen LogP contribution in [0.5, 0.6) is 0 Å². The number of carbonyl (C=O) groups excluding carboxylic acids is 1. The number of carbonyl (C=O) groups is 2. The van der Waals surface area contributed by atoms with Gasteiger partial charge < -0.3 is 19.6 Å². The molecule has 6 heteroatoms. The van der Waals surface area contributed by atoms with Crippen molar-refractivity contribution in [3.05, 3.63) is 23.2 Å². The molecule has 2 N–H and O–H groups in total. The topological polar surface area (TPSA) is 88.8 Å². The van der Waals surface area contributed by atoms with Crippen LogP contribution in [0.25, 0.3) is 0 Å². The predicted octanol–water partition coefficient (Wildman–Crippen LogP) is 1.86. The van der Waals surface area contributed by atoms with Crippen molar-refractivity contribution < 1.29 is 23.8 Å². The molecule has 1 aromatic rings. The maximum absolute atomic E-state index is 11.8. The maximum atomic E-state index is 11.8. The SMILES string of the molecule is Cc1oc(CNC(=O)CC2CCCCO2)cc1C(=O)O. The van der Waals surface area contributed by atoms with Crippen LogP contribution in [0.4, 0.5) is 0 Å². The summed E-state index contributed by atoms with van der Waals surface area (Å²) in [7, 11) is 0. The smallest absolute Gasteiger partial charge is 0.339 e. The first-order valence-electron chi connectivity index (χ1n) is 6.77. The highest BCUT2D eigenvalue weighted by Gasteiger charge is 2.18. The zero-order valence-electron chi connectivity index (χ0n) is 11.5. The molecule has 110 valence electrons. The van der Waals surface area contributed by atoms with Crippen LogP contribution in [0, 0.1) is 6.92 Å². The minimum absolute atomic E-state index is 0.00309. The number of rotatable bonds is 5. The third-order valence-corrected chi connectivity index (χ3v) is 3.35. The molecule has 1 fully saturated rings. The highest BCUT2D eigenvalue weighted by atomic mass is 16.5. The second-order valence-electron chi connectivity index (χ2n) is 4.96. The Kier molecular flexibility index (Phi) is 4.79. The first-order chi connectivity index (χ1) is 9.56. The summed E-state index contributed by atoms with van der Waals surface area (Å²) in [4.78, 5) is 22.6. The van der Waals surface area contributed by atoms with Crippen molar-refractivity contribution in [2.24, 2.45) is 0 Å². The van der Waals surface area contributed by atoms with E-state index < -0.39 is 5.97 Å². The van der Waals surface area contributed by atoms with Crippen LogP contribution in [-0.2, 0) is 16.1 Å². The van der Waals surface area contributed by atoms with Crippen molar-refractivity contribution in [1.29, 1.82) is 0 Å². The summed E-state index contributed by atoms with van der Waals surface area (Å²) in [6.07, 6.45) is 3.40. The first kappa shape index (κ1) is 14.6. The first-order valence-corrected chi connectivity index (χ1v) is 6.77. The molecule has 1 saturated heterocycles. The molecule has 1 aliphatic rings. The molecule has 2 heterocycles. The van der Waals surface area contributed by atoms with Gasteiger partial charge in [0.25, 0.3) is 0 Å². The van der Waals surface area contributed by atoms with Crippen LogP contribution < -0.4 is 5.32 Å². The van der Waals surface area contributed by atoms with Gasteiger partial charge in [0.2, 0.25) is 5.91 Å². The number of nitrogens with one attached hydrogen (secondary N) is 1. The van der Waals surface area contributed by atoms with Crippen LogP contribution >= 0.6 is 0 Å². The zero-order valence-corrected chi connectivity index (χ0v) is 11.5. The number of hydrogen-bond acceptors (Lipinski definition) is 4. The third-order valence-electron chi connectivity index (χ3n) is 3.35. The molecular formula is C14H19NO5. The Morgan fingerprint density at radius 1 is 1.45 bits per heavy atom. The van der Waals surface area contributed by atoms with E-state index in [1.54, 1.807) is 6.92 Å². The summed E-state index contributed by atoms with van der Waals surface area (Å²) in [5.41, 5.74) is 0.130. The Hall–Kier alpha value is -1.82. The molecule has 0 aliphatic carbocycles. The highest BCUT2D eigenvalue weighted by molar-refractivity contribution is 5.88. The Morgan fingerprint density at radius 3 is 2.85 bits per heavy atom. The van der Waals surface area contributed by atoms with E-state index in [1.807, 2.05) is 0 Å². The van der Waals surface area contributed by atoms with Crippen LogP contribution in [0.15, 0.2) is 10.5 Å². The Labute approximate surface area is 117 Å². The number of carboxylic acids is 1. The van der Waals surface area contributed by atoms with E-state index in [2.05, 4.69) is 5.32 Å². The van der Waals surface area contributed by atoms with Gasteiger partial charge in [0.05, 0.1) is 19.1 Å². The fourth-order valence-corrected chi connectivity index (χ4v) is 2.28. The average Bonchev–Trinajstić information content (AvgIpc) is 2.79. The number of hydrogen-bond donors (Lipinski definition) is 2. The minimum Gasteiger partial charge on any atom is -0.478 e. The number of aryl methyl sites for hydroxylation is 1. The molecule has 0 bridgehead atoms. The number of carboxylic acid groups (broad SMARTS) is 1. The summed E-state index contributed by atoms with van der Waals surface area (Å²) in [6, 6.07) is 1.44. The van der Waals surface area contributed by atoms with Gasteiger partial charge in [0.1, 0.15) is 17.1 Å². The molecule has 6 nitrogen and oxygen atoms in total. The second-order valence-corrected chi connectivity index (χ2v) is 4.96. The van der Waals surface area contributed by atoms with Gasteiger partial charge in [0, 0.05) is 6.61 Å². The Balaban J connectivity index is 1.80. The largest absolute Gasteiger partial charge is 0.478 e. The molecule has 20 heavy (non-hydrogen) atoms. The fourth-order valence-electron chi connectivity index (χ4n) is 2.28. The van der Waals surface area contributed by atoms with Crippen molar-refractivity contribution >= 4 is 11.9 Å². The number of ether oxygens (including phenoxy) is 1. The van der Waals surface area contributed by atoms with E-state index in [9.17, 15) is 9.59 Å². The fraction of sp³-hybridized carbons (Fsp3) is 0.571. The van der Waals surface area contributed by atoms with Gasteiger partial charge in [-0.05, 0) is 32.3 Å². The summed E-state index contributed by atoms with van der Waals surface area (Å²) in [5.74, 6) is -0.350. The van der Waals surface area contributed by atoms with Gasteiger partial charge >= 0.3 is 5.97 Å². The number of amides is 1. The third kappa shape index (κ3) is 3.84. The van der Waals surface area contributed by atoms with Crippen LogP contribution in [0.3, 0.4) is 0 Å². The van der Waals surface area contributed by atoms with E-state index in [0.29, 0.717) is 17.9 Å². The van der Waals surface area contributed by atoms with Crippen LogP contribution in [-0.4, -0.2) is 29.7 Å². The summed E-state index contributed by atoms with van der Waals surface area (Å²) in [5, 5.41) is 11.6. The van der Waals surface area contributed by atoms with Gasteiger partial charge in [-0.15, -0.1) is 0 Å². The van der Waals surface area contributed by atoms with E-state index >= 15 is 0 Å². The van der Waals surface area contributed by atoms with Crippen LogP contribution in [0.2, 0.25) is 0 Å². The summed E-state index contributed by atoms with van der Waals surface area (Å²) >= 11 is 0. The van der Waals surface area contributed by atoms with Crippen molar-refractivity contribution in [2.75, 3.05) is 6.61 Å². The summed E-state index contributed by atoms with van der Waals surface area (Å²) < 4.78 is 10.8. The lowest BCUT2D eigenvalue weighted by Crippen LogP contribution is -2.30. The van der Waals surface area contributed by atoms with Crippen molar-refractivity contribution in [3.63, 3.8) is 0 Å².